The van der Waals surface area contributed by atoms with Gasteiger partial charge in [-0.15, -0.1) is 0 Å². The highest BCUT2D eigenvalue weighted by molar-refractivity contribution is 5.50. The molecule has 80 valence electrons. The lowest BCUT2D eigenvalue weighted by Crippen LogP contribution is -2.37. The second-order valence-electron chi connectivity index (χ2n) is 5.60. The van der Waals surface area contributed by atoms with E-state index in [9.17, 15) is 4.79 Å². The van der Waals surface area contributed by atoms with E-state index < -0.39 is 0 Å². The van der Waals surface area contributed by atoms with Gasteiger partial charge >= 0.3 is 0 Å². The average molecular weight is 196 g/mol. The lowest BCUT2D eigenvalue weighted by atomic mass is 9.70. The summed E-state index contributed by atoms with van der Waals surface area (Å²) in [5, 5.41) is 0. The quantitative estimate of drug-likeness (QED) is 0.648. The largest absolute Gasteiger partial charge is 0.370 e. The molecule has 2 nitrogen and oxygen atoms in total. The van der Waals surface area contributed by atoms with Crippen molar-refractivity contribution >= 4 is 6.29 Å². The molecule has 0 N–H and O–H groups in total. The van der Waals surface area contributed by atoms with E-state index in [1.165, 1.54) is 12.8 Å². The standard InChI is InChI=1S/C12H20O2/c1-11(2)9-4-5-12(11,3)10(8-9)14-7-6-13/h6,9-10H,4-5,7-8H2,1-3H3. The Labute approximate surface area is 86.0 Å². The molecule has 0 amide bonds. The molecule has 2 bridgehead atoms. The molecule has 0 aliphatic heterocycles. The summed E-state index contributed by atoms with van der Waals surface area (Å²) < 4.78 is 5.66. The summed E-state index contributed by atoms with van der Waals surface area (Å²) in [6.07, 6.45) is 4.92. The number of fused-ring (bicyclic) bond motifs is 2. The number of rotatable bonds is 3. The summed E-state index contributed by atoms with van der Waals surface area (Å²) in [5.41, 5.74) is 0.682. The maximum atomic E-state index is 10.3. The van der Waals surface area contributed by atoms with Crippen molar-refractivity contribution in [2.75, 3.05) is 6.61 Å². The molecular weight excluding hydrogens is 176 g/mol. The van der Waals surface area contributed by atoms with Crippen LogP contribution in [-0.2, 0) is 9.53 Å². The highest BCUT2D eigenvalue weighted by Crippen LogP contribution is 2.66. The third-order valence-corrected chi connectivity index (χ3v) is 5.08. The summed E-state index contributed by atoms with van der Waals surface area (Å²) in [7, 11) is 0. The fourth-order valence-corrected chi connectivity index (χ4v) is 3.54. The minimum atomic E-state index is 0.267. The molecule has 14 heavy (non-hydrogen) atoms. The van der Waals surface area contributed by atoms with Gasteiger partial charge in [-0.2, -0.15) is 0 Å². The number of ether oxygens (including phenoxy) is 1. The first-order valence-corrected chi connectivity index (χ1v) is 5.57. The molecule has 2 aliphatic carbocycles. The normalized spacial score (nSPS) is 44.2. The minimum absolute atomic E-state index is 0.267. The fourth-order valence-electron chi connectivity index (χ4n) is 3.54. The summed E-state index contributed by atoms with van der Waals surface area (Å²) >= 11 is 0. The fraction of sp³-hybridized carbons (Fsp3) is 0.917. The predicted octanol–water partition coefficient (Wildman–Crippen LogP) is 2.42. The molecule has 0 spiro atoms. The molecule has 3 atom stereocenters. The topological polar surface area (TPSA) is 26.3 Å². The van der Waals surface area contributed by atoms with Crippen LogP contribution in [0, 0.1) is 16.7 Å². The number of carbonyl (C=O) groups is 1. The molecular formula is C12H20O2. The molecule has 0 aromatic carbocycles. The number of aldehydes is 1. The maximum Gasteiger partial charge on any atom is 0.145 e. The van der Waals surface area contributed by atoms with Crippen molar-refractivity contribution < 1.29 is 9.53 Å². The van der Waals surface area contributed by atoms with Crippen molar-refractivity contribution in [3.8, 4) is 0 Å². The summed E-state index contributed by atoms with van der Waals surface area (Å²) in [6, 6.07) is 0. The first-order chi connectivity index (χ1) is 6.52. The highest BCUT2D eigenvalue weighted by atomic mass is 16.5. The third kappa shape index (κ3) is 1.10. The van der Waals surface area contributed by atoms with E-state index in [2.05, 4.69) is 20.8 Å². The summed E-state index contributed by atoms with van der Waals surface area (Å²) in [5.74, 6) is 0.796. The van der Waals surface area contributed by atoms with Gasteiger partial charge in [0.2, 0.25) is 0 Å². The van der Waals surface area contributed by atoms with E-state index in [-0.39, 0.29) is 6.61 Å². The second-order valence-corrected chi connectivity index (χ2v) is 5.60. The number of carbonyl (C=O) groups excluding carboxylic acids is 1. The summed E-state index contributed by atoms with van der Waals surface area (Å²) in [6.45, 7) is 7.31. The van der Waals surface area contributed by atoms with Crippen LogP contribution in [0.3, 0.4) is 0 Å². The Morgan fingerprint density at radius 2 is 2.14 bits per heavy atom. The monoisotopic (exact) mass is 196 g/mol. The Hall–Kier alpha value is -0.370. The molecule has 2 heteroatoms. The van der Waals surface area contributed by atoms with Crippen molar-refractivity contribution in [1.29, 1.82) is 0 Å². The Balaban J connectivity index is 2.14. The summed E-state index contributed by atoms with van der Waals surface area (Å²) in [4.78, 5) is 10.3. The van der Waals surface area contributed by atoms with E-state index in [4.69, 9.17) is 4.74 Å². The van der Waals surface area contributed by atoms with Crippen LogP contribution in [0.2, 0.25) is 0 Å². The van der Waals surface area contributed by atoms with Crippen molar-refractivity contribution in [3.63, 3.8) is 0 Å². The van der Waals surface area contributed by atoms with Crippen molar-refractivity contribution in [2.24, 2.45) is 16.7 Å². The van der Waals surface area contributed by atoms with E-state index in [1.54, 1.807) is 0 Å². The first-order valence-electron chi connectivity index (χ1n) is 5.57. The Kier molecular flexibility index (Phi) is 2.22. The van der Waals surface area contributed by atoms with Crippen LogP contribution < -0.4 is 0 Å². The van der Waals surface area contributed by atoms with E-state index in [0.717, 1.165) is 18.6 Å². The SMILES string of the molecule is CC1(C)C2CCC1(C)C(OCC=O)C2. The molecule has 2 fully saturated rings. The van der Waals surface area contributed by atoms with E-state index in [1.807, 2.05) is 0 Å². The van der Waals surface area contributed by atoms with Crippen molar-refractivity contribution in [2.45, 2.75) is 46.1 Å². The smallest absolute Gasteiger partial charge is 0.145 e. The van der Waals surface area contributed by atoms with Crippen molar-refractivity contribution in [3.05, 3.63) is 0 Å². The van der Waals surface area contributed by atoms with E-state index >= 15 is 0 Å². The molecule has 0 aromatic rings. The lowest BCUT2D eigenvalue weighted by molar-refractivity contribution is -0.118. The van der Waals surface area contributed by atoms with Gasteiger partial charge in [0.1, 0.15) is 12.9 Å². The zero-order chi connectivity index (χ0) is 10.4. The number of hydrogen-bond donors (Lipinski definition) is 0. The van der Waals surface area contributed by atoms with Crippen LogP contribution in [0.25, 0.3) is 0 Å². The van der Waals surface area contributed by atoms with E-state index in [0.29, 0.717) is 16.9 Å². The van der Waals surface area contributed by atoms with Crippen LogP contribution in [0.15, 0.2) is 0 Å². The maximum absolute atomic E-state index is 10.3. The van der Waals surface area contributed by atoms with Crippen LogP contribution in [0.4, 0.5) is 0 Å². The van der Waals surface area contributed by atoms with Gasteiger partial charge in [-0.1, -0.05) is 20.8 Å². The van der Waals surface area contributed by atoms with Gasteiger partial charge in [0.15, 0.2) is 0 Å². The molecule has 2 rings (SSSR count). The van der Waals surface area contributed by atoms with Crippen LogP contribution >= 0.6 is 0 Å². The second kappa shape index (κ2) is 3.06. The molecule has 2 saturated carbocycles. The molecule has 0 saturated heterocycles. The molecule has 0 radical (unpaired) electrons. The molecule has 0 heterocycles. The van der Waals surface area contributed by atoms with Gasteiger partial charge < -0.3 is 9.53 Å². The molecule has 3 unspecified atom stereocenters. The Morgan fingerprint density at radius 3 is 2.57 bits per heavy atom. The zero-order valence-corrected chi connectivity index (χ0v) is 9.38. The third-order valence-electron chi connectivity index (χ3n) is 5.08. The van der Waals surface area contributed by atoms with Gasteiger partial charge in [0, 0.05) is 0 Å². The first kappa shape index (κ1) is 10.2. The van der Waals surface area contributed by atoms with Gasteiger partial charge in [-0.3, -0.25) is 0 Å². The zero-order valence-electron chi connectivity index (χ0n) is 9.38. The van der Waals surface area contributed by atoms with Gasteiger partial charge in [-0.05, 0) is 36.0 Å². The van der Waals surface area contributed by atoms with Crippen molar-refractivity contribution in [1.82, 2.24) is 0 Å². The molecule has 2 aliphatic rings. The number of hydrogen-bond acceptors (Lipinski definition) is 2. The van der Waals surface area contributed by atoms with Crippen LogP contribution in [0.1, 0.15) is 40.0 Å². The van der Waals surface area contributed by atoms with Crippen LogP contribution in [0.5, 0.6) is 0 Å². The van der Waals surface area contributed by atoms with Gasteiger partial charge in [0.25, 0.3) is 0 Å². The predicted molar refractivity (Wildman–Crippen MR) is 55.0 cm³/mol. The van der Waals surface area contributed by atoms with Gasteiger partial charge in [-0.25, -0.2) is 0 Å². The highest BCUT2D eigenvalue weighted by Gasteiger charge is 2.61. The molecule has 0 aromatic heterocycles. The Morgan fingerprint density at radius 1 is 1.43 bits per heavy atom. The Bertz CT molecular complexity index is 247. The van der Waals surface area contributed by atoms with Gasteiger partial charge in [0.05, 0.1) is 6.10 Å². The average Bonchev–Trinajstić information content (AvgIpc) is 2.46. The lowest BCUT2D eigenvalue weighted by Gasteiger charge is -2.38. The minimum Gasteiger partial charge on any atom is -0.370 e. The van der Waals surface area contributed by atoms with Crippen LogP contribution in [-0.4, -0.2) is 19.0 Å².